The van der Waals surface area contributed by atoms with E-state index in [4.69, 9.17) is 9.72 Å². The SMILES string of the molecule is CCOC(=O)C(C)c1c(NC(C)=O)cc(CO)cc1Nc1c2ccccc2nc2ccccc12. The van der Waals surface area contributed by atoms with Crippen molar-refractivity contribution in [2.45, 2.75) is 33.3 Å². The van der Waals surface area contributed by atoms with Crippen molar-refractivity contribution in [3.8, 4) is 0 Å². The summed E-state index contributed by atoms with van der Waals surface area (Å²) >= 11 is 0. The van der Waals surface area contributed by atoms with Crippen molar-refractivity contribution in [2.24, 2.45) is 0 Å². The van der Waals surface area contributed by atoms with Crippen LogP contribution in [0.4, 0.5) is 17.1 Å². The van der Waals surface area contributed by atoms with Gasteiger partial charge >= 0.3 is 5.97 Å². The number of esters is 1. The Morgan fingerprint density at radius 3 is 2.15 bits per heavy atom. The van der Waals surface area contributed by atoms with Gasteiger partial charge in [0.1, 0.15) is 0 Å². The third-order valence-corrected chi connectivity index (χ3v) is 5.65. The van der Waals surface area contributed by atoms with E-state index in [1.807, 2.05) is 48.5 Å². The van der Waals surface area contributed by atoms with Crippen molar-refractivity contribution in [3.63, 3.8) is 0 Å². The average molecular weight is 458 g/mol. The highest BCUT2D eigenvalue weighted by atomic mass is 16.5. The summed E-state index contributed by atoms with van der Waals surface area (Å²) in [7, 11) is 0. The number of aliphatic hydroxyl groups excluding tert-OH is 1. The number of benzene rings is 3. The summed E-state index contributed by atoms with van der Waals surface area (Å²) in [6, 6.07) is 19.1. The molecular formula is C27H27N3O4. The molecule has 0 bridgehead atoms. The Hall–Kier alpha value is -3.97. The van der Waals surface area contributed by atoms with Gasteiger partial charge in [0.15, 0.2) is 0 Å². The Bertz CT molecular complexity index is 1330. The molecule has 0 aliphatic carbocycles. The number of hydrogen-bond acceptors (Lipinski definition) is 6. The van der Waals surface area contributed by atoms with E-state index in [0.717, 1.165) is 27.5 Å². The normalized spacial score (nSPS) is 11.9. The summed E-state index contributed by atoms with van der Waals surface area (Å²) in [4.78, 5) is 29.5. The molecule has 0 radical (unpaired) electrons. The number of carbonyl (C=O) groups is 2. The maximum atomic E-state index is 12.7. The van der Waals surface area contributed by atoms with E-state index in [1.165, 1.54) is 6.92 Å². The smallest absolute Gasteiger partial charge is 0.313 e. The molecule has 174 valence electrons. The van der Waals surface area contributed by atoms with Crippen LogP contribution in [0.1, 0.15) is 37.8 Å². The second kappa shape index (κ2) is 9.89. The number of amides is 1. The van der Waals surface area contributed by atoms with Crippen LogP contribution < -0.4 is 10.6 Å². The summed E-state index contributed by atoms with van der Waals surface area (Å²) in [6.07, 6.45) is 0. The number of para-hydroxylation sites is 2. The van der Waals surface area contributed by atoms with Crippen LogP contribution in [-0.4, -0.2) is 28.6 Å². The monoisotopic (exact) mass is 457 g/mol. The van der Waals surface area contributed by atoms with Crippen LogP contribution in [-0.2, 0) is 20.9 Å². The molecule has 3 aromatic carbocycles. The number of fused-ring (bicyclic) bond motifs is 2. The molecule has 3 N–H and O–H groups in total. The van der Waals surface area contributed by atoms with Crippen LogP contribution in [0.3, 0.4) is 0 Å². The quantitative estimate of drug-likeness (QED) is 0.259. The number of anilines is 3. The summed E-state index contributed by atoms with van der Waals surface area (Å²) < 4.78 is 5.28. The molecule has 1 amide bonds. The lowest BCUT2D eigenvalue weighted by molar-refractivity contribution is -0.144. The van der Waals surface area contributed by atoms with Gasteiger partial charge in [-0.25, -0.2) is 4.98 Å². The van der Waals surface area contributed by atoms with Gasteiger partial charge in [0, 0.05) is 34.6 Å². The summed E-state index contributed by atoms with van der Waals surface area (Å²) in [5.74, 6) is -1.35. The topological polar surface area (TPSA) is 101 Å². The van der Waals surface area contributed by atoms with Gasteiger partial charge in [-0.2, -0.15) is 0 Å². The Balaban J connectivity index is 1.98. The summed E-state index contributed by atoms with van der Waals surface area (Å²) in [6.45, 7) is 4.91. The largest absolute Gasteiger partial charge is 0.466 e. The minimum atomic E-state index is -0.670. The van der Waals surface area contributed by atoms with Crippen molar-refractivity contribution in [2.75, 3.05) is 17.2 Å². The predicted molar refractivity (Wildman–Crippen MR) is 134 cm³/mol. The summed E-state index contributed by atoms with van der Waals surface area (Å²) in [5.41, 5.74) is 4.68. The number of nitrogens with one attached hydrogen (secondary N) is 2. The van der Waals surface area contributed by atoms with E-state index < -0.39 is 11.9 Å². The fraction of sp³-hybridized carbons (Fsp3) is 0.222. The third kappa shape index (κ3) is 4.56. The Morgan fingerprint density at radius 2 is 1.59 bits per heavy atom. The number of ether oxygens (including phenoxy) is 1. The highest BCUT2D eigenvalue weighted by molar-refractivity contribution is 6.09. The zero-order valence-electron chi connectivity index (χ0n) is 19.4. The lowest BCUT2D eigenvalue weighted by atomic mass is 9.94. The number of aliphatic hydroxyl groups is 1. The van der Waals surface area contributed by atoms with Crippen LogP contribution in [0.5, 0.6) is 0 Å². The lowest BCUT2D eigenvalue weighted by Crippen LogP contribution is -2.18. The lowest BCUT2D eigenvalue weighted by Gasteiger charge is -2.23. The van der Waals surface area contributed by atoms with Gasteiger partial charge in [-0.1, -0.05) is 36.4 Å². The molecule has 0 aliphatic heterocycles. The molecular weight excluding hydrogens is 430 g/mol. The van der Waals surface area contributed by atoms with Gasteiger partial charge in [0.2, 0.25) is 5.91 Å². The molecule has 0 saturated heterocycles. The zero-order chi connectivity index (χ0) is 24.2. The molecule has 0 saturated carbocycles. The van der Waals surface area contributed by atoms with Crippen molar-refractivity contribution >= 4 is 50.7 Å². The zero-order valence-corrected chi connectivity index (χ0v) is 19.4. The molecule has 4 rings (SSSR count). The maximum absolute atomic E-state index is 12.7. The first-order valence-electron chi connectivity index (χ1n) is 11.2. The van der Waals surface area contributed by atoms with Crippen LogP contribution in [0.25, 0.3) is 21.8 Å². The highest BCUT2D eigenvalue weighted by Gasteiger charge is 2.25. The molecule has 0 aliphatic rings. The average Bonchev–Trinajstić information content (AvgIpc) is 2.83. The van der Waals surface area contributed by atoms with Crippen LogP contribution in [0, 0.1) is 0 Å². The molecule has 1 aromatic heterocycles. The number of rotatable bonds is 7. The van der Waals surface area contributed by atoms with Gasteiger partial charge in [-0.05, 0) is 43.7 Å². The molecule has 1 heterocycles. The van der Waals surface area contributed by atoms with Crippen molar-refractivity contribution < 1.29 is 19.4 Å². The second-order valence-corrected chi connectivity index (χ2v) is 8.06. The van der Waals surface area contributed by atoms with Crippen LogP contribution in [0.15, 0.2) is 60.7 Å². The maximum Gasteiger partial charge on any atom is 0.313 e. The molecule has 1 unspecified atom stereocenters. The van der Waals surface area contributed by atoms with Crippen LogP contribution >= 0.6 is 0 Å². The van der Waals surface area contributed by atoms with E-state index in [2.05, 4.69) is 10.6 Å². The highest BCUT2D eigenvalue weighted by Crippen LogP contribution is 2.39. The number of aromatic nitrogens is 1. The number of hydrogen-bond donors (Lipinski definition) is 3. The third-order valence-electron chi connectivity index (χ3n) is 5.65. The summed E-state index contributed by atoms with van der Waals surface area (Å²) in [5, 5.41) is 18.1. The number of pyridine rings is 1. The van der Waals surface area contributed by atoms with Crippen molar-refractivity contribution in [3.05, 3.63) is 71.8 Å². The Morgan fingerprint density at radius 1 is 1.00 bits per heavy atom. The standard InChI is InChI=1S/C27H27N3O4/c1-4-34-27(33)16(2)25-23(28-17(3)32)13-18(15-31)14-24(25)30-26-19-9-5-7-11-21(19)29-22-12-8-6-10-20(22)26/h5-14,16,31H,4,15H2,1-3H3,(H,28,32)(H,29,30). The molecule has 0 spiro atoms. The van der Waals surface area contributed by atoms with Gasteiger partial charge in [-0.3, -0.25) is 9.59 Å². The second-order valence-electron chi connectivity index (χ2n) is 8.06. The van der Waals surface area contributed by atoms with E-state index in [-0.39, 0.29) is 19.1 Å². The minimum absolute atomic E-state index is 0.229. The first-order chi connectivity index (χ1) is 16.4. The van der Waals surface area contributed by atoms with E-state index in [9.17, 15) is 14.7 Å². The number of nitrogens with zero attached hydrogens (tertiary/aromatic N) is 1. The Kier molecular flexibility index (Phi) is 6.75. The molecule has 0 fully saturated rings. The minimum Gasteiger partial charge on any atom is -0.466 e. The predicted octanol–water partition coefficient (Wildman–Crippen LogP) is 5.25. The first-order valence-corrected chi connectivity index (χ1v) is 11.2. The fourth-order valence-corrected chi connectivity index (χ4v) is 4.16. The molecule has 34 heavy (non-hydrogen) atoms. The van der Waals surface area contributed by atoms with Gasteiger partial charge in [0.25, 0.3) is 0 Å². The van der Waals surface area contributed by atoms with Crippen molar-refractivity contribution in [1.29, 1.82) is 0 Å². The molecule has 4 aromatic rings. The Labute approximate surface area is 197 Å². The van der Waals surface area contributed by atoms with Crippen LogP contribution in [0.2, 0.25) is 0 Å². The van der Waals surface area contributed by atoms with E-state index >= 15 is 0 Å². The molecule has 7 heteroatoms. The van der Waals surface area contributed by atoms with Gasteiger partial charge in [-0.15, -0.1) is 0 Å². The van der Waals surface area contributed by atoms with Crippen molar-refractivity contribution in [1.82, 2.24) is 4.98 Å². The van der Waals surface area contributed by atoms with E-state index in [1.54, 1.807) is 26.0 Å². The van der Waals surface area contributed by atoms with Gasteiger partial charge in [0.05, 0.1) is 35.9 Å². The molecule has 7 nitrogen and oxygen atoms in total. The fourth-order valence-electron chi connectivity index (χ4n) is 4.16. The number of carbonyl (C=O) groups excluding carboxylic acids is 2. The molecule has 1 atom stereocenters. The first kappa shape index (κ1) is 23.2. The van der Waals surface area contributed by atoms with Gasteiger partial charge < -0.3 is 20.5 Å². The van der Waals surface area contributed by atoms with E-state index in [0.29, 0.717) is 22.5 Å².